The highest BCUT2D eigenvalue weighted by Gasteiger charge is 2.22. The summed E-state index contributed by atoms with van der Waals surface area (Å²) in [5.74, 6) is 0. The summed E-state index contributed by atoms with van der Waals surface area (Å²) in [5.41, 5.74) is 16.6. The molecule has 2 nitrogen and oxygen atoms in total. The molecule has 0 spiro atoms. The van der Waals surface area contributed by atoms with Crippen LogP contribution in [0.5, 0.6) is 0 Å². The Morgan fingerprint density at radius 3 is 1.54 bits per heavy atom. The molecule has 1 heterocycles. The third kappa shape index (κ3) is 5.65. The Kier molecular flexibility index (Phi) is 7.98. The minimum absolute atomic E-state index is 1.10. The third-order valence-electron chi connectivity index (χ3n) is 10.1. The maximum atomic E-state index is 2.47. The van der Waals surface area contributed by atoms with Crippen LogP contribution in [-0.2, 0) is 0 Å². The second-order valence-corrected chi connectivity index (χ2v) is 13.6. The summed E-state index contributed by atoms with van der Waals surface area (Å²) >= 11 is 0. The van der Waals surface area contributed by atoms with E-state index in [9.17, 15) is 0 Å². The van der Waals surface area contributed by atoms with Crippen molar-refractivity contribution < 1.29 is 0 Å². The lowest BCUT2D eigenvalue weighted by atomic mass is 10.00. The fourth-order valence-corrected chi connectivity index (χ4v) is 7.62. The molecule has 9 rings (SSSR count). The van der Waals surface area contributed by atoms with Gasteiger partial charge in [0.25, 0.3) is 0 Å². The molecule has 9 aromatic rings. The highest BCUT2D eigenvalue weighted by Crippen LogP contribution is 2.45. The van der Waals surface area contributed by atoms with Crippen LogP contribution in [0.15, 0.2) is 194 Å². The summed E-state index contributed by atoms with van der Waals surface area (Å²) < 4.78 is 2.47. The number of fused-ring (bicyclic) bond motifs is 3. The molecule has 0 fully saturated rings. The summed E-state index contributed by atoms with van der Waals surface area (Å²) in [6, 6.07) is 70.4. The van der Waals surface area contributed by atoms with Crippen molar-refractivity contribution in [1.29, 1.82) is 0 Å². The summed E-state index contributed by atoms with van der Waals surface area (Å²) in [7, 11) is 0. The minimum atomic E-state index is 1.10. The first-order chi connectivity index (χ1) is 25.6. The van der Waals surface area contributed by atoms with Gasteiger partial charge in [-0.25, -0.2) is 0 Å². The molecule has 248 valence electrons. The monoisotopic (exact) mass is 666 g/mol. The number of hydrogen-bond donors (Lipinski definition) is 0. The number of nitrogens with zero attached hydrogens (tertiary/aromatic N) is 2. The number of anilines is 3. The van der Waals surface area contributed by atoms with Gasteiger partial charge in [0.15, 0.2) is 0 Å². The predicted octanol–water partition coefficient (Wildman–Crippen LogP) is 13.9. The van der Waals surface area contributed by atoms with Gasteiger partial charge in [-0.1, -0.05) is 151 Å². The summed E-state index contributed by atoms with van der Waals surface area (Å²) in [6.45, 7) is 4.35. The fraction of sp³-hybridized carbons (Fsp3) is 0.0400. The molecule has 0 aliphatic heterocycles. The first-order valence-corrected chi connectivity index (χ1v) is 17.9. The Hall–Kier alpha value is -6.64. The van der Waals surface area contributed by atoms with Crippen molar-refractivity contribution in [2.45, 2.75) is 13.8 Å². The van der Waals surface area contributed by atoms with E-state index in [0.717, 1.165) is 17.1 Å². The van der Waals surface area contributed by atoms with Crippen LogP contribution in [0.3, 0.4) is 0 Å². The first-order valence-electron chi connectivity index (χ1n) is 17.9. The van der Waals surface area contributed by atoms with E-state index in [1.807, 2.05) is 0 Å². The van der Waals surface area contributed by atoms with Gasteiger partial charge in [-0.05, 0) is 95.8 Å². The Bertz CT molecular complexity index is 2590. The molecule has 0 radical (unpaired) electrons. The van der Waals surface area contributed by atoms with E-state index < -0.39 is 0 Å². The third-order valence-corrected chi connectivity index (χ3v) is 10.1. The van der Waals surface area contributed by atoms with Crippen LogP contribution in [0.2, 0.25) is 0 Å². The topological polar surface area (TPSA) is 8.17 Å². The quantitative estimate of drug-likeness (QED) is 0.164. The van der Waals surface area contributed by atoms with Gasteiger partial charge in [-0.3, -0.25) is 0 Å². The van der Waals surface area contributed by atoms with Crippen molar-refractivity contribution in [1.82, 2.24) is 4.57 Å². The number of rotatable bonds is 7. The average molecular weight is 667 g/mol. The van der Waals surface area contributed by atoms with Gasteiger partial charge in [-0.2, -0.15) is 0 Å². The Morgan fingerprint density at radius 1 is 0.385 bits per heavy atom. The molecule has 0 aliphatic rings. The molecule has 0 atom stereocenters. The van der Waals surface area contributed by atoms with Crippen LogP contribution in [-0.4, -0.2) is 4.57 Å². The van der Waals surface area contributed by atoms with Crippen molar-refractivity contribution in [3.05, 3.63) is 205 Å². The van der Waals surface area contributed by atoms with E-state index in [4.69, 9.17) is 0 Å². The zero-order valence-electron chi connectivity index (χ0n) is 29.4. The molecule has 8 aromatic carbocycles. The molecule has 1 aromatic heterocycles. The lowest BCUT2D eigenvalue weighted by Crippen LogP contribution is -2.10. The fourth-order valence-electron chi connectivity index (χ4n) is 7.62. The van der Waals surface area contributed by atoms with Gasteiger partial charge in [-0.15, -0.1) is 0 Å². The van der Waals surface area contributed by atoms with E-state index in [1.54, 1.807) is 0 Å². The second-order valence-electron chi connectivity index (χ2n) is 13.6. The molecule has 52 heavy (non-hydrogen) atoms. The molecule has 2 heteroatoms. The van der Waals surface area contributed by atoms with Crippen molar-refractivity contribution in [2.75, 3.05) is 4.90 Å². The van der Waals surface area contributed by atoms with Gasteiger partial charge in [0.05, 0.1) is 22.4 Å². The lowest BCUT2D eigenvalue weighted by molar-refractivity contribution is 1.17. The normalized spacial score (nSPS) is 11.3. The number of hydrogen-bond acceptors (Lipinski definition) is 1. The number of aryl methyl sites for hydroxylation is 2. The predicted molar refractivity (Wildman–Crippen MR) is 221 cm³/mol. The second kappa shape index (κ2) is 13.2. The maximum Gasteiger partial charge on any atom is 0.0562 e. The number of aromatic nitrogens is 1. The summed E-state index contributed by atoms with van der Waals surface area (Å²) in [6.07, 6.45) is 0. The standard InChI is InChI=1S/C50H38N2/c1-35-13-11-18-41(33-35)44-32-23-36(2)34-49(44)52-46-20-10-9-19-45(46)50-47(21-12-22-48(50)52)51(42-28-24-39(25-29-42)37-14-5-3-6-15-37)43-30-26-40(27-31-43)38-16-7-4-8-17-38/h3-34H,1-2H3. The molecule has 0 amide bonds. The van der Waals surface area contributed by atoms with E-state index in [1.165, 1.54) is 72.0 Å². The van der Waals surface area contributed by atoms with E-state index in [2.05, 4.69) is 217 Å². The molecule has 0 saturated carbocycles. The number of para-hydroxylation sites is 1. The SMILES string of the molecule is Cc1cccc(-c2ccc(C)cc2-n2c3ccccc3c3c(N(c4ccc(-c5ccccc5)cc4)c4ccc(-c5ccccc5)cc4)cccc32)c1. The van der Waals surface area contributed by atoms with Gasteiger partial charge in [0.1, 0.15) is 0 Å². The van der Waals surface area contributed by atoms with Crippen LogP contribution in [0, 0.1) is 13.8 Å². The van der Waals surface area contributed by atoms with Crippen LogP contribution >= 0.6 is 0 Å². The highest BCUT2D eigenvalue weighted by atomic mass is 15.1. The molecule has 0 aliphatic carbocycles. The van der Waals surface area contributed by atoms with Crippen LogP contribution in [0.4, 0.5) is 17.1 Å². The average Bonchev–Trinajstić information content (AvgIpc) is 3.54. The number of benzene rings is 8. The molecule has 0 bridgehead atoms. The van der Waals surface area contributed by atoms with Gasteiger partial charge < -0.3 is 9.47 Å². The molecule has 0 N–H and O–H groups in total. The Labute approximate surface area is 305 Å². The largest absolute Gasteiger partial charge is 0.310 e. The van der Waals surface area contributed by atoms with Crippen molar-refractivity contribution in [3.63, 3.8) is 0 Å². The van der Waals surface area contributed by atoms with E-state index >= 15 is 0 Å². The maximum absolute atomic E-state index is 2.47. The summed E-state index contributed by atoms with van der Waals surface area (Å²) in [5, 5.41) is 2.44. The van der Waals surface area contributed by atoms with Crippen molar-refractivity contribution in [2.24, 2.45) is 0 Å². The molecular formula is C50H38N2. The lowest BCUT2D eigenvalue weighted by Gasteiger charge is -2.27. The van der Waals surface area contributed by atoms with Gasteiger partial charge in [0.2, 0.25) is 0 Å². The minimum Gasteiger partial charge on any atom is -0.310 e. The van der Waals surface area contributed by atoms with E-state index in [0.29, 0.717) is 0 Å². The first kappa shape index (κ1) is 31.3. The van der Waals surface area contributed by atoms with Crippen LogP contribution in [0.25, 0.3) is 60.9 Å². The summed E-state index contributed by atoms with van der Waals surface area (Å²) in [4.78, 5) is 2.42. The zero-order valence-corrected chi connectivity index (χ0v) is 29.4. The van der Waals surface area contributed by atoms with Crippen molar-refractivity contribution >= 4 is 38.9 Å². The Balaban J connectivity index is 1.28. The molecule has 0 unspecified atom stereocenters. The molecule has 0 saturated heterocycles. The van der Waals surface area contributed by atoms with E-state index in [-0.39, 0.29) is 0 Å². The van der Waals surface area contributed by atoms with Crippen LogP contribution < -0.4 is 4.90 Å². The molecular weight excluding hydrogens is 629 g/mol. The van der Waals surface area contributed by atoms with Gasteiger partial charge in [0, 0.05) is 27.7 Å². The van der Waals surface area contributed by atoms with Crippen LogP contribution in [0.1, 0.15) is 11.1 Å². The smallest absolute Gasteiger partial charge is 0.0562 e. The highest BCUT2D eigenvalue weighted by molar-refractivity contribution is 6.17. The van der Waals surface area contributed by atoms with Crippen molar-refractivity contribution in [3.8, 4) is 39.1 Å². The Morgan fingerprint density at radius 2 is 0.904 bits per heavy atom. The zero-order chi connectivity index (χ0) is 35.0. The van der Waals surface area contributed by atoms with Gasteiger partial charge >= 0.3 is 0 Å².